The number of carbonyl (C=O) groups is 1. The summed E-state index contributed by atoms with van der Waals surface area (Å²) < 4.78 is 28.3. The molecule has 0 bridgehead atoms. The highest BCUT2D eigenvalue weighted by atomic mass is 32.2. The zero-order valence-corrected chi connectivity index (χ0v) is 13.0. The molecule has 2 saturated heterocycles. The Hall–Kier alpha value is -0.660. The molecule has 2 unspecified atom stereocenters. The Bertz CT molecular complexity index is 479. The third-order valence-electron chi connectivity index (χ3n) is 4.64. The third-order valence-corrected chi connectivity index (χ3v) is 6.71. The van der Waals surface area contributed by atoms with E-state index in [0.29, 0.717) is 44.8 Å². The van der Waals surface area contributed by atoms with E-state index in [0.717, 1.165) is 12.8 Å². The lowest BCUT2D eigenvalue weighted by atomic mass is 9.95. The van der Waals surface area contributed by atoms with Crippen LogP contribution < -0.4 is 0 Å². The van der Waals surface area contributed by atoms with Crippen LogP contribution in [0.25, 0.3) is 0 Å². The van der Waals surface area contributed by atoms with Crippen molar-refractivity contribution in [1.29, 1.82) is 0 Å². The molecular formula is C13H24N2O4S. The number of hydrogen-bond donors (Lipinski definition) is 1. The van der Waals surface area contributed by atoms with Crippen LogP contribution in [0.5, 0.6) is 0 Å². The van der Waals surface area contributed by atoms with Crippen molar-refractivity contribution in [3.8, 4) is 0 Å². The highest BCUT2D eigenvalue weighted by Gasteiger charge is 2.53. The summed E-state index contributed by atoms with van der Waals surface area (Å²) in [6, 6.07) is 0. The number of piperidine rings is 1. The Kier molecular flexibility index (Phi) is 4.41. The van der Waals surface area contributed by atoms with Crippen molar-refractivity contribution < 1.29 is 18.3 Å². The molecule has 2 heterocycles. The first kappa shape index (κ1) is 15.7. The fraction of sp³-hybridized carbons (Fsp3) is 0.923. The average molecular weight is 304 g/mol. The Morgan fingerprint density at radius 2 is 2.05 bits per heavy atom. The molecule has 0 spiro atoms. The highest BCUT2D eigenvalue weighted by Crippen LogP contribution is 2.37. The van der Waals surface area contributed by atoms with Crippen LogP contribution in [0.4, 0.5) is 0 Å². The van der Waals surface area contributed by atoms with Crippen LogP contribution in [0.1, 0.15) is 46.0 Å². The molecule has 1 N–H and O–H groups in total. The SMILES string of the molecule is CCC1(C(=O)O)CCCN1S(=O)(=O)N1CCCC(C)C1. The van der Waals surface area contributed by atoms with E-state index in [9.17, 15) is 18.3 Å². The largest absolute Gasteiger partial charge is 0.480 e. The van der Waals surface area contributed by atoms with Crippen molar-refractivity contribution in [2.45, 2.75) is 51.5 Å². The van der Waals surface area contributed by atoms with E-state index in [2.05, 4.69) is 0 Å². The number of carboxylic acid groups (broad SMARTS) is 1. The van der Waals surface area contributed by atoms with E-state index < -0.39 is 21.7 Å². The zero-order chi connectivity index (χ0) is 15.0. The van der Waals surface area contributed by atoms with E-state index >= 15 is 0 Å². The summed E-state index contributed by atoms with van der Waals surface area (Å²) >= 11 is 0. The second-order valence-electron chi connectivity index (χ2n) is 5.98. The lowest BCUT2D eigenvalue weighted by Gasteiger charge is -2.38. The minimum absolute atomic E-state index is 0.310. The summed E-state index contributed by atoms with van der Waals surface area (Å²) in [5.41, 5.74) is -1.25. The molecule has 2 atom stereocenters. The van der Waals surface area contributed by atoms with Crippen LogP contribution in [0.15, 0.2) is 0 Å². The van der Waals surface area contributed by atoms with Crippen molar-refractivity contribution in [2.24, 2.45) is 5.92 Å². The van der Waals surface area contributed by atoms with Gasteiger partial charge in [0.15, 0.2) is 0 Å². The molecule has 0 aromatic rings. The topological polar surface area (TPSA) is 77.9 Å². The summed E-state index contributed by atoms with van der Waals surface area (Å²) in [4.78, 5) is 11.6. The standard InChI is InChI=1S/C13H24N2O4S/c1-3-13(12(16)17)7-5-9-15(13)20(18,19)14-8-4-6-11(2)10-14/h11H,3-10H2,1-2H3,(H,16,17). The van der Waals surface area contributed by atoms with Crippen molar-refractivity contribution in [2.75, 3.05) is 19.6 Å². The number of nitrogens with zero attached hydrogens (tertiary/aromatic N) is 2. The molecule has 6 nitrogen and oxygen atoms in total. The fourth-order valence-electron chi connectivity index (χ4n) is 3.40. The molecule has 0 radical (unpaired) electrons. The molecule has 0 amide bonds. The molecule has 2 fully saturated rings. The van der Waals surface area contributed by atoms with Crippen LogP contribution >= 0.6 is 0 Å². The first-order valence-electron chi connectivity index (χ1n) is 7.36. The lowest BCUT2D eigenvalue weighted by Crippen LogP contribution is -2.57. The van der Waals surface area contributed by atoms with Crippen molar-refractivity contribution in [1.82, 2.24) is 8.61 Å². The second kappa shape index (κ2) is 5.61. The van der Waals surface area contributed by atoms with Gasteiger partial charge in [0, 0.05) is 19.6 Å². The predicted molar refractivity (Wildman–Crippen MR) is 75.5 cm³/mol. The maximum absolute atomic E-state index is 12.8. The van der Waals surface area contributed by atoms with Gasteiger partial charge in [0.25, 0.3) is 10.2 Å². The van der Waals surface area contributed by atoms with E-state index in [1.165, 1.54) is 8.61 Å². The summed E-state index contributed by atoms with van der Waals surface area (Å²) in [6.07, 6.45) is 3.21. The minimum atomic E-state index is -3.67. The monoisotopic (exact) mass is 304 g/mol. The van der Waals surface area contributed by atoms with Crippen LogP contribution in [-0.2, 0) is 15.0 Å². The van der Waals surface area contributed by atoms with Gasteiger partial charge >= 0.3 is 5.97 Å². The van der Waals surface area contributed by atoms with Gasteiger partial charge in [0.2, 0.25) is 0 Å². The van der Waals surface area contributed by atoms with Gasteiger partial charge < -0.3 is 5.11 Å². The van der Waals surface area contributed by atoms with Gasteiger partial charge in [-0.3, -0.25) is 4.79 Å². The summed E-state index contributed by atoms with van der Waals surface area (Å²) in [5, 5.41) is 9.52. The number of carboxylic acids is 1. The number of hydrogen-bond acceptors (Lipinski definition) is 3. The number of aliphatic carboxylic acids is 1. The maximum atomic E-state index is 12.8. The summed E-state index contributed by atoms with van der Waals surface area (Å²) in [5.74, 6) is -0.687. The van der Waals surface area contributed by atoms with Gasteiger partial charge in [-0.2, -0.15) is 17.0 Å². The highest BCUT2D eigenvalue weighted by molar-refractivity contribution is 7.86. The Balaban J connectivity index is 2.30. The molecule has 2 rings (SSSR count). The number of rotatable bonds is 4. The van der Waals surface area contributed by atoms with Crippen molar-refractivity contribution >= 4 is 16.2 Å². The molecule has 7 heteroatoms. The smallest absolute Gasteiger partial charge is 0.325 e. The normalized spacial score (nSPS) is 33.4. The molecule has 0 saturated carbocycles. The van der Waals surface area contributed by atoms with Crippen LogP contribution in [0.3, 0.4) is 0 Å². The molecule has 0 aromatic heterocycles. The summed E-state index contributed by atoms with van der Waals surface area (Å²) in [7, 11) is -3.67. The molecule has 2 aliphatic rings. The van der Waals surface area contributed by atoms with E-state index in [1.54, 1.807) is 6.92 Å². The van der Waals surface area contributed by atoms with E-state index in [1.807, 2.05) is 6.92 Å². The van der Waals surface area contributed by atoms with Crippen LogP contribution in [-0.4, -0.2) is 53.3 Å². The van der Waals surface area contributed by atoms with Gasteiger partial charge in [-0.25, -0.2) is 0 Å². The Morgan fingerprint density at radius 3 is 2.60 bits per heavy atom. The van der Waals surface area contributed by atoms with Crippen LogP contribution in [0, 0.1) is 5.92 Å². The molecular weight excluding hydrogens is 280 g/mol. The van der Waals surface area contributed by atoms with Gasteiger partial charge in [-0.15, -0.1) is 0 Å². The van der Waals surface area contributed by atoms with Crippen LogP contribution in [0.2, 0.25) is 0 Å². The predicted octanol–water partition coefficient (Wildman–Crippen LogP) is 1.29. The zero-order valence-electron chi connectivity index (χ0n) is 12.2. The first-order chi connectivity index (χ1) is 9.34. The molecule has 116 valence electrons. The quantitative estimate of drug-likeness (QED) is 0.849. The Labute approximate surface area is 120 Å². The maximum Gasteiger partial charge on any atom is 0.325 e. The average Bonchev–Trinajstić information content (AvgIpc) is 2.84. The summed E-state index contributed by atoms with van der Waals surface area (Å²) in [6.45, 7) is 5.10. The molecule has 0 aromatic carbocycles. The molecule has 0 aliphatic carbocycles. The minimum Gasteiger partial charge on any atom is -0.480 e. The van der Waals surface area contributed by atoms with E-state index in [-0.39, 0.29) is 0 Å². The van der Waals surface area contributed by atoms with Gasteiger partial charge in [0.05, 0.1) is 0 Å². The van der Waals surface area contributed by atoms with Gasteiger partial charge in [0.1, 0.15) is 5.54 Å². The second-order valence-corrected chi connectivity index (χ2v) is 7.83. The molecule has 20 heavy (non-hydrogen) atoms. The Morgan fingerprint density at radius 1 is 1.35 bits per heavy atom. The molecule has 2 aliphatic heterocycles. The third kappa shape index (κ3) is 2.46. The van der Waals surface area contributed by atoms with E-state index in [4.69, 9.17) is 0 Å². The van der Waals surface area contributed by atoms with Crippen molar-refractivity contribution in [3.05, 3.63) is 0 Å². The first-order valence-corrected chi connectivity index (χ1v) is 8.75. The lowest BCUT2D eigenvalue weighted by molar-refractivity contribution is -0.147. The van der Waals surface area contributed by atoms with Gasteiger partial charge in [-0.1, -0.05) is 13.8 Å². The fourth-order valence-corrected chi connectivity index (χ4v) is 5.58. The van der Waals surface area contributed by atoms with Gasteiger partial charge in [-0.05, 0) is 38.0 Å². The van der Waals surface area contributed by atoms with Crippen molar-refractivity contribution in [3.63, 3.8) is 0 Å².